The number of carbonyl (C=O) groups excluding carboxylic acids is 1. The Morgan fingerprint density at radius 2 is 2.11 bits per heavy atom. The number of carboxylic acids is 1. The predicted octanol–water partition coefficient (Wildman–Crippen LogP) is 1.39. The van der Waals surface area contributed by atoms with Gasteiger partial charge in [0.1, 0.15) is 6.04 Å². The molecule has 0 aromatic heterocycles. The Hall–Kier alpha value is -1.53. The van der Waals surface area contributed by atoms with Gasteiger partial charge in [-0.05, 0) is 25.5 Å². The van der Waals surface area contributed by atoms with Crippen molar-refractivity contribution in [3.05, 3.63) is 29.3 Å². The van der Waals surface area contributed by atoms with Gasteiger partial charge in [-0.25, -0.2) is 0 Å². The predicted molar refractivity (Wildman–Crippen MR) is 77.5 cm³/mol. The lowest BCUT2D eigenvalue weighted by molar-refractivity contribution is -0.137. The van der Waals surface area contributed by atoms with Gasteiger partial charge in [-0.1, -0.05) is 17.7 Å². The molecule has 5 nitrogen and oxygen atoms in total. The molecule has 4 N–H and O–H groups in total. The van der Waals surface area contributed by atoms with E-state index in [-0.39, 0.29) is 17.4 Å². The highest BCUT2D eigenvalue weighted by Gasteiger charge is 2.12. The number of carbonyl (C=O) groups is 2. The molecular formula is C13H18N2O3S. The Morgan fingerprint density at radius 3 is 2.68 bits per heavy atom. The number of rotatable bonds is 6. The van der Waals surface area contributed by atoms with Crippen LogP contribution >= 0.6 is 11.8 Å². The molecule has 0 aliphatic carbocycles. The summed E-state index contributed by atoms with van der Waals surface area (Å²) in [4.78, 5) is 22.2. The summed E-state index contributed by atoms with van der Waals surface area (Å²) in [5, 5.41) is 11.4. The minimum atomic E-state index is -1.05. The van der Waals surface area contributed by atoms with E-state index in [0.29, 0.717) is 0 Å². The van der Waals surface area contributed by atoms with Crippen LogP contribution in [0.1, 0.15) is 11.1 Å². The van der Waals surface area contributed by atoms with Crippen molar-refractivity contribution in [1.82, 2.24) is 0 Å². The number of nitrogens with one attached hydrogen (secondary N) is 1. The largest absolute Gasteiger partial charge is 0.480 e. The van der Waals surface area contributed by atoms with E-state index < -0.39 is 12.0 Å². The fraction of sp³-hybridized carbons (Fsp3) is 0.385. The average Bonchev–Trinajstić information content (AvgIpc) is 2.32. The number of nitrogens with two attached hydrogens (primary N) is 1. The van der Waals surface area contributed by atoms with E-state index in [9.17, 15) is 9.59 Å². The van der Waals surface area contributed by atoms with Crippen molar-refractivity contribution < 1.29 is 14.7 Å². The molecule has 0 bridgehead atoms. The van der Waals surface area contributed by atoms with E-state index in [2.05, 4.69) is 5.32 Å². The molecule has 104 valence electrons. The third-order valence-corrected chi connectivity index (χ3v) is 3.56. The second-order valence-corrected chi connectivity index (χ2v) is 5.36. The van der Waals surface area contributed by atoms with Crippen LogP contribution in [0.25, 0.3) is 0 Å². The van der Waals surface area contributed by atoms with Crippen LogP contribution in [0.15, 0.2) is 18.2 Å². The van der Waals surface area contributed by atoms with Crippen molar-refractivity contribution in [3.63, 3.8) is 0 Å². The van der Waals surface area contributed by atoms with E-state index in [1.54, 1.807) is 0 Å². The van der Waals surface area contributed by atoms with Crippen LogP contribution in [-0.2, 0) is 9.59 Å². The summed E-state index contributed by atoms with van der Waals surface area (Å²) in [6, 6.07) is 4.84. The highest BCUT2D eigenvalue weighted by Crippen LogP contribution is 2.16. The Balaban J connectivity index is 2.41. The number of carboxylic acid groups (broad SMARTS) is 1. The minimum absolute atomic E-state index is 0.158. The molecule has 1 aromatic rings. The molecule has 0 saturated carbocycles. The van der Waals surface area contributed by atoms with Gasteiger partial charge in [0, 0.05) is 11.4 Å². The van der Waals surface area contributed by atoms with Crippen molar-refractivity contribution in [2.45, 2.75) is 19.9 Å². The first-order valence-corrected chi connectivity index (χ1v) is 6.99. The normalized spacial score (nSPS) is 11.9. The lowest BCUT2D eigenvalue weighted by Crippen LogP contribution is -2.33. The molecule has 19 heavy (non-hydrogen) atoms. The fourth-order valence-corrected chi connectivity index (χ4v) is 2.26. The van der Waals surface area contributed by atoms with E-state index in [0.717, 1.165) is 16.8 Å². The monoisotopic (exact) mass is 282 g/mol. The lowest BCUT2D eigenvalue weighted by Gasteiger charge is -2.09. The third kappa shape index (κ3) is 5.32. The first-order valence-electron chi connectivity index (χ1n) is 5.83. The van der Waals surface area contributed by atoms with Crippen LogP contribution in [0, 0.1) is 13.8 Å². The van der Waals surface area contributed by atoms with Crippen molar-refractivity contribution in [2.75, 3.05) is 16.8 Å². The summed E-state index contributed by atoms with van der Waals surface area (Å²) in [6.45, 7) is 3.91. The second-order valence-electron chi connectivity index (χ2n) is 4.33. The first-order chi connectivity index (χ1) is 8.90. The minimum Gasteiger partial charge on any atom is -0.480 e. The number of aryl methyl sites for hydroxylation is 2. The van der Waals surface area contributed by atoms with E-state index >= 15 is 0 Å². The molecule has 0 radical (unpaired) electrons. The summed E-state index contributed by atoms with van der Waals surface area (Å²) >= 11 is 1.21. The topological polar surface area (TPSA) is 92.4 Å². The fourth-order valence-electron chi connectivity index (χ4n) is 1.49. The zero-order valence-electron chi connectivity index (χ0n) is 11.0. The number of anilines is 1. The Labute approximate surface area is 116 Å². The molecule has 0 aliphatic heterocycles. The van der Waals surface area contributed by atoms with Crippen LogP contribution in [0.3, 0.4) is 0 Å². The SMILES string of the molecule is Cc1ccc(NC(=O)CSC[C@@H](N)C(=O)O)c(C)c1. The van der Waals surface area contributed by atoms with Crippen LogP contribution in [-0.4, -0.2) is 34.5 Å². The summed E-state index contributed by atoms with van der Waals surface area (Å²) < 4.78 is 0. The van der Waals surface area contributed by atoms with Crippen molar-refractivity contribution in [2.24, 2.45) is 5.73 Å². The molecule has 0 saturated heterocycles. The molecule has 0 fully saturated rings. The summed E-state index contributed by atoms with van der Waals surface area (Å²) in [5.41, 5.74) is 8.26. The van der Waals surface area contributed by atoms with E-state index in [1.807, 2.05) is 32.0 Å². The number of hydrogen-bond donors (Lipinski definition) is 3. The highest BCUT2D eigenvalue weighted by atomic mass is 32.2. The van der Waals surface area contributed by atoms with Crippen LogP contribution in [0.5, 0.6) is 0 Å². The number of hydrogen-bond acceptors (Lipinski definition) is 4. The second kappa shape index (κ2) is 7.16. The number of thioether (sulfide) groups is 1. The van der Waals surface area contributed by atoms with Gasteiger partial charge in [0.05, 0.1) is 5.75 Å². The van der Waals surface area contributed by atoms with Crippen molar-refractivity contribution >= 4 is 29.3 Å². The van der Waals surface area contributed by atoms with Gasteiger partial charge < -0.3 is 16.2 Å². The first kappa shape index (κ1) is 15.5. The molecule has 1 aromatic carbocycles. The summed E-state index contributed by atoms with van der Waals surface area (Å²) in [5.74, 6) is -0.805. The van der Waals surface area contributed by atoms with Crippen molar-refractivity contribution in [1.29, 1.82) is 0 Å². The molecule has 0 aliphatic rings. The van der Waals surface area contributed by atoms with Crippen LogP contribution in [0.2, 0.25) is 0 Å². The van der Waals surface area contributed by atoms with Gasteiger partial charge in [-0.15, -0.1) is 11.8 Å². The summed E-state index contributed by atoms with van der Waals surface area (Å²) in [7, 11) is 0. The average molecular weight is 282 g/mol. The van der Waals surface area contributed by atoms with Crippen LogP contribution in [0.4, 0.5) is 5.69 Å². The standard InChI is InChI=1S/C13H18N2O3S/c1-8-3-4-11(9(2)5-8)15-12(16)7-19-6-10(14)13(17)18/h3-5,10H,6-7,14H2,1-2H3,(H,15,16)(H,17,18)/t10-/m1/s1. The van der Waals surface area contributed by atoms with Gasteiger partial charge in [0.2, 0.25) is 5.91 Å². The Bertz CT molecular complexity index is 477. The maximum absolute atomic E-state index is 11.7. The maximum atomic E-state index is 11.7. The van der Waals surface area contributed by atoms with Gasteiger partial charge in [-0.2, -0.15) is 0 Å². The molecule has 1 atom stereocenters. The highest BCUT2D eigenvalue weighted by molar-refractivity contribution is 8.00. The zero-order valence-corrected chi connectivity index (χ0v) is 11.8. The number of amides is 1. The van der Waals surface area contributed by atoms with Gasteiger partial charge in [0.15, 0.2) is 0 Å². The zero-order chi connectivity index (χ0) is 14.4. The number of benzene rings is 1. The lowest BCUT2D eigenvalue weighted by atomic mass is 10.1. The summed E-state index contributed by atoms with van der Waals surface area (Å²) in [6.07, 6.45) is 0. The molecule has 1 amide bonds. The Morgan fingerprint density at radius 1 is 1.42 bits per heavy atom. The molecular weight excluding hydrogens is 264 g/mol. The van der Waals surface area contributed by atoms with E-state index in [1.165, 1.54) is 11.8 Å². The third-order valence-electron chi connectivity index (χ3n) is 2.50. The van der Waals surface area contributed by atoms with E-state index in [4.69, 9.17) is 10.8 Å². The number of aliphatic carboxylic acids is 1. The molecule has 6 heteroatoms. The van der Waals surface area contributed by atoms with Crippen molar-refractivity contribution in [3.8, 4) is 0 Å². The molecule has 0 spiro atoms. The quantitative estimate of drug-likeness (QED) is 0.733. The Kier molecular flexibility index (Phi) is 5.85. The smallest absolute Gasteiger partial charge is 0.321 e. The van der Waals surface area contributed by atoms with Gasteiger partial charge in [0.25, 0.3) is 0 Å². The van der Waals surface area contributed by atoms with Crippen LogP contribution < -0.4 is 11.1 Å². The van der Waals surface area contributed by atoms with Gasteiger partial charge >= 0.3 is 5.97 Å². The molecule has 1 rings (SSSR count). The molecule has 0 heterocycles. The maximum Gasteiger partial charge on any atom is 0.321 e. The van der Waals surface area contributed by atoms with Gasteiger partial charge in [-0.3, -0.25) is 9.59 Å². The molecule has 0 unspecified atom stereocenters.